The maximum Gasteiger partial charge on any atom is 0.261 e. The number of imide groups is 1. The number of fused-ring (bicyclic) bond motifs is 1. The summed E-state index contributed by atoms with van der Waals surface area (Å²) in [6.45, 7) is 4.99. The molecular formula is C19H20N4O4. The van der Waals surface area contributed by atoms with Crippen molar-refractivity contribution >= 4 is 23.6 Å². The van der Waals surface area contributed by atoms with E-state index >= 15 is 0 Å². The summed E-state index contributed by atoms with van der Waals surface area (Å²) in [7, 11) is 0. The molecule has 8 nitrogen and oxygen atoms in total. The van der Waals surface area contributed by atoms with Gasteiger partial charge in [0.1, 0.15) is 6.42 Å². The van der Waals surface area contributed by atoms with E-state index in [-0.39, 0.29) is 41.7 Å². The smallest absolute Gasteiger partial charge is 0.261 e. The fraction of sp³-hybridized carbons (Fsp3) is 0.421. The van der Waals surface area contributed by atoms with Gasteiger partial charge in [-0.1, -0.05) is 0 Å². The van der Waals surface area contributed by atoms with Gasteiger partial charge in [-0.3, -0.25) is 24.1 Å². The molecule has 2 aliphatic heterocycles. The lowest BCUT2D eigenvalue weighted by Crippen LogP contribution is -2.50. The summed E-state index contributed by atoms with van der Waals surface area (Å²) in [6, 6.07) is 6.14. The Bertz CT molecular complexity index is 863. The zero-order chi connectivity index (χ0) is 19.7. The summed E-state index contributed by atoms with van der Waals surface area (Å²) in [5.74, 6) is -1.20. The molecular weight excluding hydrogens is 348 g/mol. The third-order valence-corrected chi connectivity index (χ3v) is 4.83. The second kappa shape index (κ2) is 7.19. The molecule has 1 saturated heterocycles. The monoisotopic (exact) mass is 368 g/mol. The van der Waals surface area contributed by atoms with Crippen LogP contribution in [0.5, 0.6) is 0 Å². The van der Waals surface area contributed by atoms with Gasteiger partial charge in [-0.05, 0) is 32.0 Å². The van der Waals surface area contributed by atoms with Gasteiger partial charge in [0.2, 0.25) is 5.91 Å². The number of piperazine rings is 1. The second-order valence-electron chi connectivity index (χ2n) is 6.84. The Labute approximate surface area is 156 Å². The van der Waals surface area contributed by atoms with E-state index in [2.05, 4.69) is 0 Å². The molecule has 4 amide bonds. The third-order valence-electron chi connectivity index (χ3n) is 4.83. The molecule has 0 spiro atoms. The molecule has 0 saturated carbocycles. The van der Waals surface area contributed by atoms with Crippen molar-refractivity contribution in [2.75, 3.05) is 26.2 Å². The molecule has 8 heteroatoms. The van der Waals surface area contributed by atoms with Crippen LogP contribution in [0, 0.1) is 11.3 Å². The molecule has 2 heterocycles. The van der Waals surface area contributed by atoms with Crippen molar-refractivity contribution in [2.45, 2.75) is 26.3 Å². The van der Waals surface area contributed by atoms with Gasteiger partial charge in [-0.25, -0.2) is 0 Å². The molecule has 27 heavy (non-hydrogen) atoms. The Hall–Kier alpha value is -3.21. The molecule has 0 aliphatic carbocycles. The van der Waals surface area contributed by atoms with Crippen LogP contribution in [0.2, 0.25) is 0 Å². The number of nitrogens with zero attached hydrogens (tertiary/aromatic N) is 4. The summed E-state index contributed by atoms with van der Waals surface area (Å²) in [6.07, 6.45) is -0.165. The number of carbonyl (C=O) groups is 4. The number of rotatable bonds is 3. The van der Waals surface area contributed by atoms with Crippen LogP contribution in [0.1, 0.15) is 51.3 Å². The van der Waals surface area contributed by atoms with Crippen molar-refractivity contribution in [3.05, 3.63) is 34.9 Å². The average Bonchev–Trinajstić information content (AvgIpc) is 2.91. The molecule has 0 unspecified atom stereocenters. The Balaban J connectivity index is 1.73. The van der Waals surface area contributed by atoms with Crippen molar-refractivity contribution < 1.29 is 19.2 Å². The molecule has 0 bridgehead atoms. The first-order chi connectivity index (χ1) is 12.8. The van der Waals surface area contributed by atoms with Crippen LogP contribution in [0.3, 0.4) is 0 Å². The SMILES string of the molecule is CC(C)N1C(=O)c2ccc(C(=O)N3CCN(C(=O)CC#N)CC3)cc2C1=O. The number of carbonyl (C=O) groups excluding carboxylic acids is 4. The molecule has 0 atom stereocenters. The van der Waals surface area contributed by atoms with Crippen LogP contribution in [0.25, 0.3) is 0 Å². The highest BCUT2D eigenvalue weighted by Crippen LogP contribution is 2.26. The van der Waals surface area contributed by atoms with Gasteiger partial charge >= 0.3 is 0 Å². The predicted molar refractivity (Wildman–Crippen MR) is 94.8 cm³/mol. The van der Waals surface area contributed by atoms with Gasteiger partial charge in [0.05, 0.1) is 17.2 Å². The second-order valence-corrected chi connectivity index (χ2v) is 6.84. The van der Waals surface area contributed by atoms with Gasteiger partial charge in [-0.15, -0.1) is 0 Å². The molecule has 1 aromatic carbocycles. The lowest BCUT2D eigenvalue weighted by atomic mass is 10.0. The highest BCUT2D eigenvalue weighted by atomic mass is 16.2. The molecule has 0 aromatic heterocycles. The Morgan fingerprint density at radius 3 is 2.22 bits per heavy atom. The normalized spacial score (nSPS) is 16.6. The van der Waals surface area contributed by atoms with Crippen LogP contribution in [-0.4, -0.2) is 70.5 Å². The van der Waals surface area contributed by atoms with E-state index < -0.39 is 0 Å². The number of nitriles is 1. The lowest BCUT2D eigenvalue weighted by Gasteiger charge is -2.34. The van der Waals surface area contributed by atoms with E-state index in [4.69, 9.17) is 5.26 Å². The summed E-state index contributed by atoms with van der Waals surface area (Å²) < 4.78 is 0. The van der Waals surface area contributed by atoms with Gasteiger partial charge in [-0.2, -0.15) is 5.26 Å². The fourth-order valence-corrected chi connectivity index (χ4v) is 3.38. The van der Waals surface area contributed by atoms with Crippen molar-refractivity contribution in [3.8, 4) is 6.07 Å². The van der Waals surface area contributed by atoms with Crippen LogP contribution in [0.4, 0.5) is 0 Å². The minimum Gasteiger partial charge on any atom is -0.338 e. The van der Waals surface area contributed by atoms with E-state index in [1.165, 1.54) is 17.0 Å². The van der Waals surface area contributed by atoms with E-state index in [0.29, 0.717) is 37.3 Å². The molecule has 140 valence electrons. The maximum atomic E-state index is 12.8. The van der Waals surface area contributed by atoms with Gasteiger partial charge in [0.15, 0.2) is 0 Å². The Kier molecular flexibility index (Phi) is 4.95. The first-order valence-corrected chi connectivity index (χ1v) is 8.81. The van der Waals surface area contributed by atoms with E-state index in [9.17, 15) is 19.2 Å². The average molecular weight is 368 g/mol. The van der Waals surface area contributed by atoms with Crippen LogP contribution in [-0.2, 0) is 4.79 Å². The molecule has 1 fully saturated rings. The Morgan fingerprint density at radius 2 is 1.63 bits per heavy atom. The highest BCUT2D eigenvalue weighted by Gasteiger charge is 2.37. The summed E-state index contributed by atoms with van der Waals surface area (Å²) in [5.41, 5.74) is 0.914. The van der Waals surface area contributed by atoms with Crippen molar-refractivity contribution in [1.29, 1.82) is 5.26 Å². The minimum atomic E-state index is -0.383. The van der Waals surface area contributed by atoms with Crippen LogP contribution in [0.15, 0.2) is 18.2 Å². The lowest BCUT2D eigenvalue weighted by molar-refractivity contribution is -0.131. The van der Waals surface area contributed by atoms with Crippen molar-refractivity contribution in [3.63, 3.8) is 0 Å². The van der Waals surface area contributed by atoms with Gasteiger partial charge in [0, 0.05) is 37.8 Å². The number of amides is 4. The highest BCUT2D eigenvalue weighted by molar-refractivity contribution is 6.22. The molecule has 0 N–H and O–H groups in total. The fourth-order valence-electron chi connectivity index (χ4n) is 3.38. The Morgan fingerprint density at radius 1 is 1.04 bits per heavy atom. The zero-order valence-electron chi connectivity index (χ0n) is 15.3. The van der Waals surface area contributed by atoms with Crippen LogP contribution < -0.4 is 0 Å². The maximum absolute atomic E-state index is 12.8. The largest absolute Gasteiger partial charge is 0.338 e. The molecule has 1 aromatic rings. The van der Waals surface area contributed by atoms with Crippen molar-refractivity contribution in [2.24, 2.45) is 0 Å². The van der Waals surface area contributed by atoms with Crippen LogP contribution >= 0.6 is 0 Å². The first-order valence-electron chi connectivity index (χ1n) is 8.81. The topological polar surface area (TPSA) is 102 Å². The predicted octanol–water partition coefficient (Wildman–Crippen LogP) is 0.889. The summed E-state index contributed by atoms with van der Waals surface area (Å²) in [4.78, 5) is 53.7. The zero-order valence-corrected chi connectivity index (χ0v) is 15.3. The van der Waals surface area contributed by atoms with E-state index in [1.807, 2.05) is 6.07 Å². The number of hydrogen-bond acceptors (Lipinski definition) is 5. The molecule has 0 radical (unpaired) electrons. The van der Waals surface area contributed by atoms with E-state index in [1.54, 1.807) is 29.7 Å². The number of benzene rings is 1. The van der Waals surface area contributed by atoms with Gasteiger partial charge in [0.25, 0.3) is 17.7 Å². The van der Waals surface area contributed by atoms with Crippen molar-refractivity contribution in [1.82, 2.24) is 14.7 Å². The van der Waals surface area contributed by atoms with Gasteiger partial charge < -0.3 is 9.80 Å². The minimum absolute atomic E-state index is 0.165. The molecule has 2 aliphatic rings. The standard InChI is InChI=1S/C19H20N4O4/c1-12(2)23-18(26)14-4-3-13(11-15(14)19(23)27)17(25)22-9-7-21(8-10-22)16(24)5-6-20/h3-4,11-12H,5,7-10H2,1-2H3. The quantitative estimate of drug-likeness (QED) is 0.738. The van der Waals surface area contributed by atoms with E-state index in [0.717, 1.165) is 0 Å². The summed E-state index contributed by atoms with van der Waals surface area (Å²) >= 11 is 0. The summed E-state index contributed by atoms with van der Waals surface area (Å²) in [5, 5.41) is 8.61. The molecule has 3 rings (SSSR count). The third kappa shape index (κ3) is 3.28. The first kappa shape index (κ1) is 18.6. The number of hydrogen-bond donors (Lipinski definition) is 0.